The lowest BCUT2D eigenvalue weighted by molar-refractivity contribution is -0.133. The fourth-order valence-corrected chi connectivity index (χ4v) is 4.64. The molecule has 0 bridgehead atoms. The maximum absolute atomic E-state index is 13.9. The first-order chi connectivity index (χ1) is 22.3. The topological polar surface area (TPSA) is 172 Å². The third-order valence-corrected chi connectivity index (χ3v) is 7.33. The number of likely N-dealkylation sites (N-methyl/N-ethyl adjacent to an activating group) is 1. The van der Waals surface area contributed by atoms with Crippen LogP contribution in [0.15, 0.2) is 48.8 Å². The summed E-state index contributed by atoms with van der Waals surface area (Å²) in [5, 5.41) is 17.9. The first-order valence-electron chi connectivity index (χ1n) is 15.0. The minimum Gasteiger partial charge on any atom is -0.447 e. The van der Waals surface area contributed by atoms with Gasteiger partial charge in [-0.2, -0.15) is 0 Å². The number of hydrogen-bond acceptors (Lipinski definition) is 9. The van der Waals surface area contributed by atoms with Crippen molar-refractivity contribution in [2.75, 3.05) is 32.1 Å². The number of carbonyl (C=O) groups excluding carboxylic acids is 4. The highest BCUT2D eigenvalue weighted by Crippen LogP contribution is 2.22. The van der Waals surface area contributed by atoms with Gasteiger partial charge in [-0.15, -0.1) is 0 Å². The Kier molecular flexibility index (Phi) is 13.6. The van der Waals surface area contributed by atoms with Crippen LogP contribution in [0, 0.1) is 5.82 Å². The van der Waals surface area contributed by atoms with E-state index in [2.05, 4.69) is 25.9 Å². The molecule has 2 aromatic heterocycles. The molecule has 13 nitrogen and oxygen atoms in total. The molecule has 0 aliphatic rings. The maximum Gasteiger partial charge on any atom is 0.412 e. The van der Waals surface area contributed by atoms with Gasteiger partial charge < -0.3 is 30.1 Å². The van der Waals surface area contributed by atoms with Gasteiger partial charge in [-0.3, -0.25) is 19.9 Å². The molecule has 4 N–H and O–H groups in total. The van der Waals surface area contributed by atoms with Gasteiger partial charge in [0.2, 0.25) is 11.8 Å². The molecule has 0 radical (unpaired) electrons. The van der Waals surface area contributed by atoms with E-state index < -0.39 is 48.2 Å². The Labute approximate surface area is 277 Å². The maximum atomic E-state index is 13.9. The molecule has 0 saturated heterocycles. The number of aromatic nitrogens is 2. The number of hydrogen-bond donors (Lipinski definition) is 4. The quantitative estimate of drug-likeness (QED) is 0.183. The fraction of sp³-hybridized carbons (Fsp3) is 0.438. The van der Waals surface area contributed by atoms with Crippen molar-refractivity contribution >= 4 is 52.3 Å². The Morgan fingerprint density at radius 1 is 1.11 bits per heavy atom. The van der Waals surface area contributed by atoms with Crippen LogP contribution in [-0.4, -0.2) is 88.5 Å². The molecule has 3 rings (SSSR count). The van der Waals surface area contributed by atoms with Gasteiger partial charge in [-0.1, -0.05) is 29.8 Å². The number of pyridine rings is 2. The Morgan fingerprint density at radius 3 is 2.60 bits per heavy atom. The van der Waals surface area contributed by atoms with Crippen LogP contribution in [0.4, 0.5) is 19.8 Å². The molecule has 1 aromatic carbocycles. The Balaban J connectivity index is 1.59. The van der Waals surface area contributed by atoms with Crippen molar-refractivity contribution in [1.29, 1.82) is 0 Å². The number of amides is 4. The van der Waals surface area contributed by atoms with E-state index in [0.717, 1.165) is 5.39 Å². The van der Waals surface area contributed by atoms with Crippen molar-refractivity contribution in [3.8, 4) is 0 Å². The molecule has 4 amide bonds. The number of ether oxygens (including phenoxy) is 2. The average molecular weight is 675 g/mol. The molecular weight excluding hydrogens is 635 g/mol. The largest absolute Gasteiger partial charge is 0.447 e. The van der Waals surface area contributed by atoms with E-state index >= 15 is 0 Å². The second kappa shape index (κ2) is 17.4. The van der Waals surface area contributed by atoms with Gasteiger partial charge in [0.1, 0.15) is 29.9 Å². The second-order valence-corrected chi connectivity index (χ2v) is 12.1. The van der Waals surface area contributed by atoms with Crippen LogP contribution < -0.4 is 16.0 Å². The number of aryl methyl sites for hydroxylation is 1. The summed E-state index contributed by atoms with van der Waals surface area (Å²) in [6.07, 6.45) is 2.38. The van der Waals surface area contributed by atoms with Crippen molar-refractivity contribution in [3.63, 3.8) is 0 Å². The highest BCUT2D eigenvalue weighted by atomic mass is 35.5. The first kappa shape index (κ1) is 36.9. The summed E-state index contributed by atoms with van der Waals surface area (Å²) >= 11 is 6.05. The summed E-state index contributed by atoms with van der Waals surface area (Å²) in [7, 11) is 1.56. The van der Waals surface area contributed by atoms with Crippen LogP contribution in [0.2, 0.25) is 5.02 Å². The van der Waals surface area contributed by atoms with E-state index in [-0.39, 0.29) is 42.7 Å². The molecule has 0 spiro atoms. The molecule has 47 heavy (non-hydrogen) atoms. The summed E-state index contributed by atoms with van der Waals surface area (Å²) in [5.74, 6) is -1.25. The Bertz CT molecular complexity index is 1550. The molecule has 0 unspecified atom stereocenters. The lowest BCUT2D eigenvalue weighted by atomic mass is 10.1. The van der Waals surface area contributed by atoms with Crippen LogP contribution in [-0.2, 0) is 25.5 Å². The number of halogens is 2. The number of alkyl carbamates (subject to hydrolysis) is 1. The Hall–Kier alpha value is -4.56. The zero-order valence-electron chi connectivity index (χ0n) is 26.7. The molecule has 254 valence electrons. The molecule has 0 fully saturated rings. The summed E-state index contributed by atoms with van der Waals surface area (Å²) < 4.78 is 24.5. The Morgan fingerprint density at radius 2 is 1.87 bits per heavy atom. The molecule has 2 atom stereocenters. The highest BCUT2D eigenvalue weighted by Gasteiger charge is 2.25. The number of carbonyl (C=O) groups is 4. The molecular formula is C32H40ClFN6O7. The number of fused-ring (bicyclic) bond motifs is 1. The number of aliphatic hydroxyl groups is 1. The monoisotopic (exact) mass is 674 g/mol. The van der Waals surface area contributed by atoms with Crippen molar-refractivity contribution in [2.45, 2.75) is 64.1 Å². The van der Waals surface area contributed by atoms with Crippen LogP contribution in [0.3, 0.4) is 0 Å². The fourth-order valence-electron chi connectivity index (χ4n) is 4.42. The van der Waals surface area contributed by atoms with Gasteiger partial charge in [-0.25, -0.2) is 19.0 Å². The van der Waals surface area contributed by atoms with Crippen LogP contribution in [0.1, 0.15) is 45.6 Å². The standard InChI is InChI=1S/C32H40ClFN6O7/c1-32(2,3)47-31(45)38-25(18-41)29(43)36-15-7-10-22(40(4)27(42)13-12-20-8-5-11-23(34)28(20)33)19-46-30(44)39-26-16-21-9-6-14-35-24(21)17-37-26/h5-6,8-9,11,14,16-17,22,25,41H,7,10,12-13,15,18-19H2,1-4H3,(H,36,43)(H,38,45)(H,37,39,44)/t22-,25+/m0/s1. The number of nitrogens with one attached hydrogen (secondary N) is 3. The van der Waals surface area contributed by atoms with Gasteiger partial charge in [0, 0.05) is 31.6 Å². The number of nitrogens with zero attached hydrogens (tertiary/aromatic N) is 3. The van der Waals surface area contributed by atoms with E-state index in [9.17, 15) is 28.7 Å². The number of aliphatic hydroxyl groups excluding tert-OH is 1. The lowest BCUT2D eigenvalue weighted by Crippen LogP contribution is -2.50. The van der Waals surface area contributed by atoms with E-state index in [0.29, 0.717) is 23.9 Å². The third-order valence-electron chi connectivity index (χ3n) is 6.91. The smallest absolute Gasteiger partial charge is 0.412 e. The highest BCUT2D eigenvalue weighted by molar-refractivity contribution is 6.31. The van der Waals surface area contributed by atoms with Gasteiger partial charge in [0.05, 0.1) is 29.4 Å². The molecule has 0 saturated carbocycles. The zero-order valence-corrected chi connectivity index (χ0v) is 27.5. The number of benzene rings is 1. The van der Waals surface area contributed by atoms with Crippen molar-refractivity contribution < 1.29 is 38.1 Å². The summed E-state index contributed by atoms with van der Waals surface area (Å²) in [6.45, 7) is 4.30. The number of anilines is 1. The van der Waals surface area contributed by atoms with Crippen molar-refractivity contribution in [2.24, 2.45) is 0 Å². The number of rotatable bonds is 14. The molecule has 0 aliphatic carbocycles. The van der Waals surface area contributed by atoms with Crippen molar-refractivity contribution in [3.05, 3.63) is 65.2 Å². The van der Waals surface area contributed by atoms with Crippen LogP contribution >= 0.6 is 11.6 Å². The van der Waals surface area contributed by atoms with Gasteiger partial charge in [0.25, 0.3) is 0 Å². The SMILES string of the molecule is CN(C(=O)CCc1cccc(F)c1Cl)[C@@H](CCCNC(=O)[C@@H](CO)NC(=O)OC(C)(C)C)COC(=O)Nc1cc2cccnc2cn1. The van der Waals surface area contributed by atoms with E-state index in [1.807, 2.05) is 6.07 Å². The summed E-state index contributed by atoms with van der Waals surface area (Å²) in [4.78, 5) is 60.2. The van der Waals surface area contributed by atoms with Crippen molar-refractivity contribution in [1.82, 2.24) is 25.5 Å². The molecule has 2 heterocycles. The zero-order chi connectivity index (χ0) is 34.6. The summed E-state index contributed by atoms with van der Waals surface area (Å²) in [6, 6.07) is 7.78. The third kappa shape index (κ3) is 12.0. The minimum absolute atomic E-state index is 0.0165. The molecule has 15 heteroatoms. The lowest BCUT2D eigenvalue weighted by Gasteiger charge is -2.28. The predicted molar refractivity (Wildman–Crippen MR) is 173 cm³/mol. The van der Waals surface area contributed by atoms with Gasteiger partial charge in [0.15, 0.2) is 0 Å². The van der Waals surface area contributed by atoms with Crippen LogP contribution in [0.5, 0.6) is 0 Å². The predicted octanol–water partition coefficient (Wildman–Crippen LogP) is 4.21. The minimum atomic E-state index is -1.23. The molecule has 0 aliphatic heterocycles. The van der Waals surface area contributed by atoms with Gasteiger partial charge in [-0.05, 0) is 63.8 Å². The van der Waals surface area contributed by atoms with E-state index in [1.165, 1.54) is 23.2 Å². The average Bonchev–Trinajstić information content (AvgIpc) is 3.02. The van der Waals surface area contributed by atoms with E-state index in [4.69, 9.17) is 21.1 Å². The first-order valence-corrected chi connectivity index (χ1v) is 15.4. The second-order valence-electron chi connectivity index (χ2n) is 11.7. The van der Waals surface area contributed by atoms with Crippen LogP contribution in [0.25, 0.3) is 10.9 Å². The van der Waals surface area contributed by atoms with Gasteiger partial charge >= 0.3 is 12.2 Å². The van der Waals surface area contributed by atoms with E-state index in [1.54, 1.807) is 52.2 Å². The summed E-state index contributed by atoms with van der Waals surface area (Å²) in [5.41, 5.74) is 0.356. The normalized spacial score (nSPS) is 12.5. The molecule has 3 aromatic rings.